The number of nitrogen functional groups attached to an aromatic ring is 1. The number of pyridine rings is 1. The summed E-state index contributed by atoms with van der Waals surface area (Å²) < 4.78 is 6.71. The molecule has 0 spiro atoms. The van der Waals surface area contributed by atoms with Crippen LogP contribution in [0.3, 0.4) is 0 Å². The molecule has 2 N–H and O–H groups in total. The van der Waals surface area contributed by atoms with E-state index in [1.807, 2.05) is 6.07 Å². The number of benzene rings is 1. The molecule has 1 unspecified atom stereocenters. The highest BCUT2D eigenvalue weighted by molar-refractivity contribution is 6.74. The number of halogens is 1. The molecular formula is C22H29ClN2O2Si. The molecule has 4 nitrogen and oxygen atoms in total. The van der Waals surface area contributed by atoms with Gasteiger partial charge in [-0.3, -0.25) is 9.78 Å². The normalized spacial score (nSPS) is 19.5. The summed E-state index contributed by atoms with van der Waals surface area (Å²) in [6, 6.07) is 7.49. The Bertz CT molecular complexity index is 937. The lowest BCUT2D eigenvalue weighted by molar-refractivity contribution is -0.134. The quantitative estimate of drug-likeness (QED) is 0.510. The number of aryl methyl sites for hydroxylation is 1. The number of fused-ring (bicyclic) bond motifs is 1. The summed E-state index contributed by atoms with van der Waals surface area (Å²) in [5.74, 6) is 0.0265. The molecule has 6 heteroatoms. The highest BCUT2D eigenvalue weighted by Gasteiger charge is 2.52. The minimum Gasteiger partial charge on any atom is -0.400 e. The molecule has 1 aromatic carbocycles. The van der Waals surface area contributed by atoms with Crippen molar-refractivity contribution >= 4 is 31.4 Å². The zero-order valence-corrected chi connectivity index (χ0v) is 19.3. The Kier molecular flexibility index (Phi) is 5.24. The van der Waals surface area contributed by atoms with Crippen molar-refractivity contribution in [1.82, 2.24) is 4.98 Å². The summed E-state index contributed by atoms with van der Waals surface area (Å²) in [4.78, 5) is 17.5. The Morgan fingerprint density at radius 2 is 1.96 bits per heavy atom. The van der Waals surface area contributed by atoms with E-state index >= 15 is 0 Å². The van der Waals surface area contributed by atoms with E-state index in [1.165, 1.54) is 0 Å². The van der Waals surface area contributed by atoms with Gasteiger partial charge in [0.15, 0.2) is 19.7 Å². The topological polar surface area (TPSA) is 65.2 Å². The second-order valence-electron chi connectivity index (χ2n) is 9.21. The smallest absolute Gasteiger partial charge is 0.193 e. The van der Waals surface area contributed by atoms with E-state index in [9.17, 15) is 4.79 Å². The van der Waals surface area contributed by atoms with Crippen molar-refractivity contribution in [2.24, 2.45) is 0 Å². The third-order valence-electron chi connectivity index (χ3n) is 6.23. The first-order chi connectivity index (χ1) is 12.9. The van der Waals surface area contributed by atoms with Crippen LogP contribution in [-0.2, 0) is 21.2 Å². The van der Waals surface area contributed by atoms with Crippen LogP contribution in [0.5, 0.6) is 0 Å². The number of aromatic nitrogens is 1. The molecule has 1 heterocycles. The summed E-state index contributed by atoms with van der Waals surface area (Å²) in [7, 11) is -2.17. The van der Waals surface area contributed by atoms with E-state index in [2.05, 4.69) is 39.9 Å². The predicted octanol–water partition coefficient (Wildman–Crippen LogP) is 5.74. The van der Waals surface area contributed by atoms with Gasteiger partial charge in [0.05, 0.1) is 5.69 Å². The molecular weight excluding hydrogens is 388 g/mol. The van der Waals surface area contributed by atoms with Crippen molar-refractivity contribution < 1.29 is 9.22 Å². The Balaban J connectivity index is 2.07. The number of rotatable bonds is 4. The van der Waals surface area contributed by atoms with Crippen LogP contribution in [-0.4, -0.2) is 19.1 Å². The summed E-state index contributed by atoms with van der Waals surface area (Å²) >= 11 is 6.15. The number of hydrogen-bond donors (Lipinski definition) is 1. The fourth-order valence-electron chi connectivity index (χ4n) is 3.52. The van der Waals surface area contributed by atoms with Crippen LogP contribution >= 0.6 is 11.6 Å². The van der Waals surface area contributed by atoms with Gasteiger partial charge in [-0.2, -0.15) is 0 Å². The van der Waals surface area contributed by atoms with Crippen molar-refractivity contribution in [1.29, 1.82) is 0 Å². The molecule has 0 aliphatic heterocycles. The molecule has 0 radical (unpaired) electrons. The summed E-state index contributed by atoms with van der Waals surface area (Å²) in [6.07, 6.45) is 3.16. The first-order valence-corrected chi connectivity index (χ1v) is 12.9. The number of hydrogen-bond acceptors (Lipinski definition) is 4. The zero-order chi connectivity index (χ0) is 20.9. The number of nitrogens with zero attached hydrogens (tertiary/aromatic N) is 1. The second kappa shape index (κ2) is 6.97. The summed E-state index contributed by atoms with van der Waals surface area (Å²) in [5.41, 5.74) is 9.41. The van der Waals surface area contributed by atoms with Gasteiger partial charge in [-0.25, -0.2) is 0 Å². The van der Waals surface area contributed by atoms with E-state index in [0.717, 1.165) is 28.8 Å². The van der Waals surface area contributed by atoms with Gasteiger partial charge < -0.3 is 10.2 Å². The molecule has 0 fully saturated rings. The molecule has 0 bridgehead atoms. The SMILES string of the molecule is CC(=O)C1(O[Si](C)(C)C(C)(C)C)CCc2cc(-c3cc(Cl)ccc3N)cnc21. The highest BCUT2D eigenvalue weighted by Crippen LogP contribution is 2.47. The molecule has 1 aliphatic rings. The minimum atomic E-state index is -2.17. The van der Waals surface area contributed by atoms with E-state index in [-0.39, 0.29) is 10.8 Å². The molecule has 28 heavy (non-hydrogen) atoms. The average molecular weight is 417 g/mol. The Labute approximate surface area is 173 Å². The molecule has 1 aromatic heterocycles. The fraction of sp³-hybridized carbons (Fsp3) is 0.455. The molecule has 0 amide bonds. The maximum Gasteiger partial charge on any atom is 0.193 e. The van der Waals surface area contributed by atoms with Crippen molar-refractivity contribution in [2.75, 3.05) is 5.73 Å². The molecule has 150 valence electrons. The summed E-state index contributed by atoms with van der Waals surface area (Å²) in [6.45, 7) is 12.5. The van der Waals surface area contributed by atoms with Crippen molar-refractivity contribution in [3.63, 3.8) is 0 Å². The van der Waals surface area contributed by atoms with Gasteiger partial charge >= 0.3 is 0 Å². The Morgan fingerprint density at radius 3 is 2.57 bits per heavy atom. The number of Topliss-reactive ketones (excluding diaryl/α,β-unsaturated/α-hetero) is 1. The second-order valence-corrected chi connectivity index (χ2v) is 14.4. The van der Waals surface area contributed by atoms with E-state index < -0.39 is 13.9 Å². The lowest BCUT2D eigenvalue weighted by Crippen LogP contribution is -2.50. The standard InChI is InChI=1S/C22H29ClN2O2Si/c1-14(26)22(27-28(5,6)21(2,3)4)10-9-15-11-16(13-25-20(15)22)18-12-17(23)7-8-19(18)24/h7-8,11-13H,9-10,24H2,1-6H3. The van der Waals surface area contributed by atoms with Gasteiger partial charge in [-0.15, -0.1) is 0 Å². The number of carbonyl (C=O) groups is 1. The van der Waals surface area contributed by atoms with Crippen molar-refractivity contribution in [3.05, 3.63) is 46.7 Å². The molecule has 0 saturated carbocycles. The largest absolute Gasteiger partial charge is 0.400 e. The first-order valence-electron chi connectivity index (χ1n) is 9.63. The molecule has 2 aromatic rings. The zero-order valence-electron chi connectivity index (χ0n) is 17.5. The predicted molar refractivity (Wildman–Crippen MR) is 118 cm³/mol. The van der Waals surface area contributed by atoms with Crippen molar-refractivity contribution in [3.8, 4) is 11.1 Å². The van der Waals surface area contributed by atoms with Crippen LogP contribution in [0.1, 0.15) is 45.4 Å². The molecule has 1 aliphatic carbocycles. The number of nitrogens with two attached hydrogens (primary N) is 1. The van der Waals surface area contributed by atoms with E-state index in [4.69, 9.17) is 26.7 Å². The van der Waals surface area contributed by atoms with Gasteiger partial charge in [0.1, 0.15) is 0 Å². The van der Waals surface area contributed by atoms with E-state index in [0.29, 0.717) is 17.1 Å². The maximum absolute atomic E-state index is 12.8. The minimum absolute atomic E-state index is 0.00732. The monoisotopic (exact) mass is 416 g/mol. The Hall–Kier alpha value is -1.69. The maximum atomic E-state index is 12.8. The van der Waals surface area contributed by atoms with Gasteiger partial charge in [0, 0.05) is 28.0 Å². The van der Waals surface area contributed by atoms with Crippen LogP contribution < -0.4 is 5.73 Å². The number of anilines is 1. The number of carbonyl (C=O) groups excluding carboxylic acids is 1. The van der Waals surface area contributed by atoms with Gasteiger partial charge in [-0.1, -0.05) is 32.4 Å². The van der Waals surface area contributed by atoms with Crippen LogP contribution in [0.2, 0.25) is 23.2 Å². The lowest BCUT2D eigenvalue weighted by Gasteiger charge is -2.43. The lowest BCUT2D eigenvalue weighted by atomic mass is 9.95. The van der Waals surface area contributed by atoms with Crippen LogP contribution in [0, 0.1) is 0 Å². The molecule has 3 rings (SSSR count). The average Bonchev–Trinajstić information content (AvgIpc) is 2.95. The fourth-order valence-corrected chi connectivity index (χ4v) is 5.21. The van der Waals surface area contributed by atoms with Gasteiger partial charge in [-0.05, 0) is 67.7 Å². The van der Waals surface area contributed by atoms with Crippen LogP contribution in [0.15, 0.2) is 30.5 Å². The van der Waals surface area contributed by atoms with Crippen LogP contribution in [0.4, 0.5) is 5.69 Å². The Morgan fingerprint density at radius 1 is 1.29 bits per heavy atom. The summed E-state index contributed by atoms with van der Waals surface area (Å²) in [5, 5.41) is 0.636. The molecule has 0 saturated heterocycles. The number of ketones is 1. The third-order valence-corrected chi connectivity index (χ3v) is 10.9. The molecule has 1 atom stereocenters. The van der Waals surface area contributed by atoms with Crippen molar-refractivity contribution in [2.45, 2.75) is 64.3 Å². The first kappa shape index (κ1) is 21.0. The van der Waals surface area contributed by atoms with Gasteiger partial charge in [0.25, 0.3) is 0 Å². The van der Waals surface area contributed by atoms with E-state index in [1.54, 1.807) is 25.3 Å². The third kappa shape index (κ3) is 3.51. The highest BCUT2D eigenvalue weighted by atomic mass is 35.5. The van der Waals surface area contributed by atoms with Crippen LogP contribution in [0.25, 0.3) is 11.1 Å². The van der Waals surface area contributed by atoms with Gasteiger partial charge in [0.2, 0.25) is 0 Å².